The van der Waals surface area contributed by atoms with E-state index in [0.29, 0.717) is 12.5 Å². The van der Waals surface area contributed by atoms with Crippen molar-refractivity contribution >= 4 is 17.5 Å². The zero-order valence-electron chi connectivity index (χ0n) is 14.1. The lowest BCUT2D eigenvalue weighted by molar-refractivity contribution is -0.897. The Morgan fingerprint density at radius 3 is 2.57 bits per heavy atom. The highest BCUT2D eigenvalue weighted by Crippen LogP contribution is 2.26. The van der Waals surface area contributed by atoms with E-state index < -0.39 is 0 Å². The number of anilines is 1. The van der Waals surface area contributed by atoms with Crippen molar-refractivity contribution in [2.24, 2.45) is 11.7 Å². The Bertz CT molecular complexity index is 551. The minimum atomic E-state index is -0.212. The molecule has 126 valence electrons. The molecule has 1 aliphatic rings. The molecule has 1 aromatic carbocycles. The normalized spacial score (nSPS) is 22.3. The lowest BCUT2D eigenvalue weighted by atomic mass is 9.96. The Morgan fingerprint density at radius 1 is 1.30 bits per heavy atom. The highest BCUT2D eigenvalue weighted by atomic mass is 16.2. The molecule has 1 aliphatic heterocycles. The molecule has 5 nitrogen and oxygen atoms in total. The van der Waals surface area contributed by atoms with Gasteiger partial charge in [-0.15, -0.1) is 0 Å². The van der Waals surface area contributed by atoms with Gasteiger partial charge in [0.05, 0.1) is 13.1 Å². The van der Waals surface area contributed by atoms with E-state index in [9.17, 15) is 9.59 Å². The molecule has 2 amide bonds. The van der Waals surface area contributed by atoms with Gasteiger partial charge in [0.15, 0.2) is 6.54 Å². The number of nitrogens with one attached hydrogen (secondary N) is 2. The van der Waals surface area contributed by atoms with Crippen molar-refractivity contribution in [2.45, 2.75) is 39.0 Å². The average Bonchev–Trinajstić information content (AvgIpc) is 2.55. The van der Waals surface area contributed by atoms with Gasteiger partial charge in [-0.1, -0.05) is 32.0 Å². The van der Waals surface area contributed by atoms with Crippen LogP contribution in [-0.4, -0.2) is 31.4 Å². The number of piperidine rings is 1. The number of rotatable bonds is 6. The molecule has 2 rings (SSSR count). The SMILES string of the molecule is CC[C@@H](C)c1ccccc1NC(=O)C[NH+]1CCC(C(N)=O)CC1. The van der Waals surface area contributed by atoms with Gasteiger partial charge in [0.1, 0.15) is 0 Å². The van der Waals surface area contributed by atoms with Crippen molar-refractivity contribution in [1.82, 2.24) is 0 Å². The first-order valence-electron chi connectivity index (χ1n) is 8.53. The van der Waals surface area contributed by atoms with Crippen molar-refractivity contribution in [3.63, 3.8) is 0 Å². The predicted octanol–water partition coefficient (Wildman–Crippen LogP) is 0.919. The highest BCUT2D eigenvalue weighted by molar-refractivity contribution is 5.92. The van der Waals surface area contributed by atoms with Crippen LogP contribution in [0, 0.1) is 5.92 Å². The molecule has 1 fully saturated rings. The van der Waals surface area contributed by atoms with Crippen LogP contribution in [0.5, 0.6) is 0 Å². The summed E-state index contributed by atoms with van der Waals surface area (Å²) >= 11 is 0. The Balaban J connectivity index is 1.90. The summed E-state index contributed by atoms with van der Waals surface area (Å²) < 4.78 is 0. The van der Waals surface area contributed by atoms with E-state index >= 15 is 0 Å². The lowest BCUT2D eigenvalue weighted by Crippen LogP contribution is -3.14. The Kier molecular flexibility index (Phi) is 6.16. The third kappa shape index (κ3) is 4.79. The van der Waals surface area contributed by atoms with E-state index in [1.54, 1.807) is 0 Å². The third-order valence-electron chi connectivity index (χ3n) is 4.88. The fourth-order valence-corrected chi connectivity index (χ4v) is 3.17. The van der Waals surface area contributed by atoms with Crippen molar-refractivity contribution in [3.8, 4) is 0 Å². The molecule has 23 heavy (non-hydrogen) atoms. The summed E-state index contributed by atoms with van der Waals surface area (Å²) in [5.41, 5.74) is 7.45. The second kappa shape index (κ2) is 8.11. The summed E-state index contributed by atoms with van der Waals surface area (Å²) in [4.78, 5) is 24.7. The standard InChI is InChI=1S/C18H27N3O2/c1-3-13(2)15-6-4-5-7-16(15)20-17(22)12-21-10-8-14(9-11-21)18(19)23/h4-7,13-14H,3,8-12H2,1-2H3,(H2,19,23)(H,20,22)/p+1/t13-/m1/s1. The van der Waals surface area contributed by atoms with Gasteiger partial charge in [0.2, 0.25) is 5.91 Å². The molecule has 0 aromatic heterocycles. The number of benzene rings is 1. The van der Waals surface area contributed by atoms with Gasteiger partial charge in [0, 0.05) is 24.4 Å². The number of hydrogen-bond acceptors (Lipinski definition) is 2. The Hall–Kier alpha value is -1.88. The molecular formula is C18H28N3O2+. The molecule has 1 atom stereocenters. The van der Waals surface area contributed by atoms with E-state index in [0.717, 1.165) is 38.0 Å². The van der Waals surface area contributed by atoms with Crippen molar-refractivity contribution in [2.75, 3.05) is 25.0 Å². The third-order valence-corrected chi connectivity index (χ3v) is 4.88. The van der Waals surface area contributed by atoms with Crippen molar-refractivity contribution < 1.29 is 14.5 Å². The quantitative estimate of drug-likeness (QED) is 0.729. The van der Waals surface area contributed by atoms with Gasteiger partial charge >= 0.3 is 0 Å². The topological polar surface area (TPSA) is 76.6 Å². The molecule has 1 heterocycles. The van der Waals surface area contributed by atoms with E-state index in [1.165, 1.54) is 10.5 Å². The first-order valence-corrected chi connectivity index (χ1v) is 8.53. The lowest BCUT2D eigenvalue weighted by Gasteiger charge is -2.27. The largest absolute Gasteiger partial charge is 0.369 e. The van der Waals surface area contributed by atoms with Gasteiger partial charge in [-0.2, -0.15) is 0 Å². The number of carbonyl (C=O) groups is 2. The molecule has 0 aliphatic carbocycles. The molecule has 0 bridgehead atoms. The maximum atomic E-state index is 12.3. The summed E-state index contributed by atoms with van der Waals surface area (Å²) in [6.07, 6.45) is 2.60. The van der Waals surface area contributed by atoms with Gasteiger partial charge < -0.3 is 16.0 Å². The molecule has 5 heteroatoms. The van der Waals surface area contributed by atoms with Gasteiger partial charge in [-0.05, 0) is 24.0 Å². The Morgan fingerprint density at radius 2 is 1.96 bits per heavy atom. The molecule has 0 radical (unpaired) electrons. The molecule has 4 N–H and O–H groups in total. The second-order valence-electron chi connectivity index (χ2n) is 6.55. The molecule has 0 saturated carbocycles. The molecule has 0 unspecified atom stereocenters. The maximum absolute atomic E-state index is 12.3. The fraction of sp³-hybridized carbons (Fsp3) is 0.556. The molecular weight excluding hydrogens is 290 g/mol. The number of likely N-dealkylation sites (tertiary alicyclic amines) is 1. The zero-order valence-corrected chi connectivity index (χ0v) is 14.1. The minimum Gasteiger partial charge on any atom is -0.369 e. The van der Waals surface area contributed by atoms with Crippen LogP contribution < -0.4 is 16.0 Å². The van der Waals surface area contributed by atoms with E-state index in [-0.39, 0.29) is 17.7 Å². The first kappa shape index (κ1) is 17.5. The number of hydrogen-bond donors (Lipinski definition) is 3. The van der Waals surface area contributed by atoms with Crippen LogP contribution in [0.1, 0.15) is 44.6 Å². The van der Waals surface area contributed by atoms with Crippen LogP contribution in [-0.2, 0) is 9.59 Å². The first-order chi connectivity index (χ1) is 11.0. The number of nitrogens with two attached hydrogens (primary N) is 1. The van der Waals surface area contributed by atoms with Crippen LogP contribution in [0.25, 0.3) is 0 Å². The summed E-state index contributed by atoms with van der Waals surface area (Å²) in [6.45, 7) is 6.42. The van der Waals surface area contributed by atoms with Crippen LogP contribution in [0.3, 0.4) is 0 Å². The minimum absolute atomic E-state index is 0.0204. The number of para-hydroxylation sites is 1. The number of primary amides is 1. The predicted molar refractivity (Wildman–Crippen MR) is 91.3 cm³/mol. The number of quaternary nitrogens is 1. The summed E-state index contributed by atoms with van der Waals surface area (Å²) in [5, 5.41) is 3.06. The van der Waals surface area contributed by atoms with Gasteiger partial charge in [0.25, 0.3) is 5.91 Å². The summed E-state index contributed by atoms with van der Waals surface area (Å²) in [5.74, 6) is 0.224. The van der Waals surface area contributed by atoms with Crippen LogP contribution >= 0.6 is 0 Å². The average molecular weight is 318 g/mol. The van der Waals surface area contributed by atoms with Crippen molar-refractivity contribution in [3.05, 3.63) is 29.8 Å². The maximum Gasteiger partial charge on any atom is 0.279 e. The van der Waals surface area contributed by atoms with E-state index in [2.05, 4.69) is 25.2 Å². The smallest absolute Gasteiger partial charge is 0.279 e. The fourth-order valence-electron chi connectivity index (χ4n) is 3.17. The monoisotopic (exact) mass is 318 g/mol. The van der Waals surface area contributed by atoms with Crippen LogP contribution in [0.15, 0.2) is 24.3 Å². The molecule has 0 spiro atoms. The second-order valence-corrected chi connectivity index (χ2v) is 6.55. The van der Waals surface area contributed by atoms with Crippen LogP contribution in [0.2, 0.25) is 0 Å². The van der Waals surface area contributed by atoms with Crippen LogP contribution in [0.4, 0.5) is 5.69 Å². The number of carbonyl (C=O) groups excluding carboxylic acids is 2. The van der Waals surface area contributed by atoms with Crippen molar-refractivity contribution in [1.29, 1.82) is 0 Å². The zero-order chi connectivity index (χ0) is 16.8. The van der Waals surface area contributed by atoms with E-state index in [4.69, 9.17) is 5.73 Å². The molecule has 1 aromatic rings. The number of amides is 2. The summed E-state index contributed by atoms with van der Waals surface area (Å²) in [6, 6.07) is 8.01. The molecule has 1 saturated heterocycles. The van der Waals surface area contributed by atoms with Gasteiger partial charge in [-0.25, -0.2) is 0 Å². The summed E-state index contributed by atoms with van der Waals surface area (Å²) in [7, 11) is 0. The van der Waals surface area contributed by atoms with E-state index in [1.807, 2.05) is 18.2 Å². The highest BCUT2D eigenvalue weighted by Gasteiger charge is 2.27. The van der Waals surface area contributed by atoms with Gasteiger partial charge in [-0.3, -0.25) is 9.59 Å². The Labute approximate surface area is 138 Å².